The number of rotatable bonds is 4. The molecule has 0 saturated carbocycles. The van der Waals surface area contributed by atoms with Gasteiger partial charge in [0.15, 0.2) is 0 Å². The van der Waals surface area contributed by atoms with Crippen LogP contribution in [0.15, 0.2) is 16.6 Å². The average Bonchev–Trinajstić information content (AvgIpc) is 2.23. The van der Waals surface area contributed by atoms with Crippen LogP contribution in [0, 0.1) is 11.6 Å². The molecule has 2 N–H and O–H groups in total. The van der Waals surface area contributed by atoms with Gasteiger partial charge in [-0.05, 0) is 29.0 Å². The summed E-state index contributed by atoms with van der Waals surface area (Å²) in [6, 6.07) is 1.92. The molecule has 0 spiro atoms. The van der Waals surface area contributed by atoms with Crippen molar-refractivity contribution in [2.24, 2.45) is 0 Å². The molecule has 0 fully saturated rings. The van der Waals surface area contributed by atoms with E-state index in [2.05, 4.69) is 26.6 Å². The molecule has 1 amide bonds. The van der Waals surface area contributed by atoms with Crippen LogP contribution in [-0.4, -0.2) is 19.5 Å². The average molecular weight is 293 g/mol. The summed E-state index contributed by atoms with van der Waals surface area (Å²) in [5.74, 6) is -1.66. The Labute approximate surface area is 100 Å². The predicted octanol–water partition coefficient (Wildman–Crippen LogP) is 2.28. The highest BCUT2D eigenvalue weighted by molar-refractivity contribution is 9.10. The lowest BCUT2D eigenvalue weighted by Gasteiger charge is -2.07. The maximum Gasteiger partial charge on any atom is 0.225 e. The van der Waals surface area contributed by atoms with Crippen molar-refractivity contribution in [3.05, 3.63) is 28.2 Å². The molecular formula is C10H11BrF2N2O. The molecule has 0 aliphatic carbocycles. The first kappa shape index (κ1) is 13.1. The van der Waals surface area contributed by atoms with Gasteiger partial charge in [0.2, 0.25) is 5.91 Å². The van der Waals surface area contributed by atoms with Gasteiger partial charge >= 0.3 is 0 Å². The summed E-state index contributed by atoms with van der Waals surface area (Å²) in [4.78, 5) is 11.3. The number of benzene rings is 1. The SMILES string of the molecule is CNCCC(=O)Nc1cc(F)c(Br)cc1F. The van der Waals surface area contributed by atoms with Gasteiger partial charge in [-0.3, -0.25) is 4.79 Å². The fourth-order valence-corrected chi connectivity index (χ4v) is 1.39. The van der Waals surface area contributed by atoms with Crippen molar-refractivity contribution in [3.63, 3.8) is 0 Å². The standard InChI is InChI=1S/C10H11BrF2N2O/c1-14-3-2-10(16)15-9-5-7(12)6(11)4-8(9)13/h4-5,14H,2-3H2,1H3,(H,15,16). The van der Waals surface area contributed by atoms with Crippen LogP contribution in [0.4, 0.5) is 14.5 Å². The van der Waals surface area contributed by atoms with Crippen LogP contribution in [0.25, 0.3) is 0 Å². The molecule has 88 valence electrons. The van der Waals surface area contributed by atoms with E-state index in [1.807, 2.05) is 0 Å². The zero-order chi connectivity index (χ0) is 12.1. The van der Waals surface area contributed by atoms with Crippen LogP contribution in [-0.2, 0) is 4.79 Å². The van der Waals surface area contributed by atoms with Crippen LogP contribution >= 0.6 is 15.9 Å². The van der Waals surface area contributed by atoms with E-state index in [0.717, 1.165) is 12.1 Å². The number of halogens is 3. The Kier molecular flexibility index (Phi) is 4.82. The third-order valence-electron chi connectivity index (χ3n) is 1.89. The lowest BCUT2D eigenvalue weighted by molar-refractivity contribution is -0.116. The molecule has 0 atom stereocenters. The van der Waals surface area contributed by atoms with Gasteiger partial charge in [-0.15, -0.1) is 0 Å². The van der Waals surface area contributed by atoms with Crippen molar-refractivity contribution < 1.29 is 13.6 Å². The molecule has 3 nitrogen and oxygen atoms in total. The second-order valence-electron chi connectivity index (χ2n) is 3.15. The molecule has 6 heteroatoms. The van der Waals surface area contributed by atoms with E-state index in [-0.39, 0.29) is 22.5 Å². The number of nitrogens with one attached hydrogen (secondary N) is 2. The number of carbonyl (C=O) groups is 1. The Bertz CT molecular complexity index is 399. The molecule has 0 aliphatic rings. The molecule has 0 heterocycles. The number of anilines is 1. The number of amides is 1. The third kappa shape index (κ3) is 3.53. The van der Waals surface area contributed by atoms with Crippen molar-refractivity contribution in [2.75, 3.05) is 18.9 Å². The van der Waals surface area contributed by atoms with Crippen molar-refractivity contribution in [1.29, 1.82) is 0 Å². The number of hydrogen-bond acceptors (Lipinski definition) is 2. The minimum atomic E-state index is -0.675. The van der Waals surface area contributed by atoms with Crippen LogP contribution in [0.2, 0.25) is 0 Å². The van der Waals surface area contributed by atoms with Crippen molar-refractivity contribution in [3.8, 4) is 0 Å². The van der Waals surface area contributed by atoms with E-state index >= 15 is 0 Å². The lowest BCUT2D eigenvalue weighted by Crippen LogP contribution is -2.19. The molecule has 16 heavy (non-hydrogen) atoms. The minimum Gasteiger partial charge on any atom is -0.323 e. The molecule has 1 rings (SSSR count). The molecule has 1 aromatic carbocycles. The van der Waals surface area contributed by atoms with Gasteiger partial charge in [-0.2, -0.15) is 0 Å². The van der Waals surface area contributed by atoms with Crippen LogP contribution in [0.1, 0.15) is 6.42 Å². The van der Waals surface area contributed by atoms with Crippen molar-refractivity contribution in [2.45, 2.75) is 6.42 Å². The fraction of sp³-hybridized carbons (Fsp3) is 0.300. The van der Waals surface area contributed by atoms with Gasteiger partial charge in [-0.25, -0.2) is 8.78 Å². The number of carbonyl (C=O) groups excluding carboxylic acids is 1. The minimum absolute atomic E-state index is 0.0261. The highest BCUT2D eigenvalue weighted by Crippen LogP contribution is 2.23. The van der Waals surface area contributed by atoms with E-state index in [1.54, 1.807) is 7.05 Å². The quantitative estimate of drug-likeness (QED) is 0.836. The molecule has 1 aromatic rings. The normalized spacial score (nSPS) is 10.2. The first-order chi connectivity index (χ1) is 7.54. The molecule has 0 aliphatic heterocycles. The lowest BCUT2D eigenvalue weighted by atomic mass is 10.3. The van der Waals surface area contributed by atoms with Gasteiger partial charge in [-0.1, -0.05) is 0 Å². The Morgan fingerprint density at radius 2 is 2.06 bits per heavy atom. The zero-order valence-corrected chi connectivity index (χ0v) is 10.2. The van der Waals surface area contributed by atoms with Gasteiger partial charge in [0.25, 0.3) is 0 Å². The highest BCUT2D eigenvalue weighted by atomic mass is 79.9. The second-order valence-corrected chi connectivity index (χ2v) is 4.00. The van der Waals surface area contributed by atoms with E-state index < -0.39 is 11.6 Å². The Balaban J connectivity index is 2.73. The predicted molar refractivity (Wildman–Crippen MR) is 61.2 cm³/mol. The van der Waals surface area contributed by atoms with E-state index in [0.29, 0.717) is 6.54 Å². The molecular weight excluding hydrogens is 282 g/mol. The van der Waals surface area contributed by atoms with Gasteiger partial charge in [0, 0.05) is 19.0 Å². The van der Waals surface area contributed by atoms with Gasteiger partial charge in [0.05, 0.1) is 10.2 Å². The summed E-state index contributed by atoms with van der Waals surface area (Å²) in [5, 5.41) is 5.08. The smallest absolute Gasteiger partial charge is 0.225 e. The Hall–Kier alpha value is -1.01. The maximum atomic E-state index is 13.3. The first-order valence-corrected chi connectivity index (χ1v) is 5.43. The molecule has 0 unspecified atom stereocenters. The van der Waals surface area contributed by atoms with Gasteiger partial charge in [0.1, 0.15) is 11.6 Å². The summed E-state index contributed by atoms with van der Waals surface area (Å²) >= 11 is 2.85. The second kappa shape index (κ2) is 5.91. The summed E-state index contributed by atoms with van der Waals surface area (Å²) < 4.78 is 26.4. The zero-order valence-electron chi connectivity index (χ0n) is 8.61. The monoisotopic (exact) mass is 292 g/mol. The first-order valence-electron chi connectivity index (χ1n) is 4.63. The summed E-state index contributed by atoms with van der Waals surface area (Å²) in [7, 11) is 1.70. The van der Waals surface area contributed by atoms with E-state index in [1.165, 1.54) is 0 Å². The molecule has 0 radical (unpaired) electrons. The number of hydrogen-bond donors (Lipinski definition) is 2. The topological polar surface area (TPSA) is 41.1 Å². The van der Waals surface area contributed by atoms with Crippen molar-refractivity contribution in [1.82, 2.24) is 5.32 Å². The summed E-state index contributed by atoms with van der Waals surface area (Å²) in [5.41, 5.74) is -0.151. The van der Waals surface area contributed by atoms with Gasteiger partial charge < -0.3 is 10.6 Å². The van der Waals surface area contributed by atoms with Crippen LogP contribution < -0.4 is 10.6 Å². The van der Waals surface area contributed by atoms with Crippen LogP contribution in [0.5, 0.6) is 0 Å². The molecule has 0 saturated heterocycles. The summed E-state index contributed by atoms with van der Waals surface area (Å²) in [6.07, 6.45) is 0.202. The van der Waals surface area contributed by atoms with Crippen molar-refractivity contribution >= 4 is 27.5 Å². The summed E-state index contributed by atoms with van der Waals surface area (Å²) in [6.45, 7) is 0.479. The fourth-order valence-electron chi connectivity index (χ4n) is 1.07. The largest absolute Gasteiger partial charge is 0.323 e. The highest BCUT2D eigenvalue weighted by Gasteiger charge is 2.10. The van der Waals surface area contributed by atoms with Crippen LogP contribution in [0.3, 0.4) is 0 Å². The maximum absolute atomic E-state index is 13.3. The Morgan fingerprint density at radius 1 is 1.38 bits per heavy atom. The third-order valence-corrected chi connectivity index (χ3v) is 2.49. The molecule has 0 bridgehead atoms. The van der Waals surface area contributed by atoms with E-state index in [4.69, 9.17) is 0 Å². The Morgan fingerprint density at radius 3 is 2.69 bits per heavy atom. The molecule has 0 aromatic heterocycles. The van der Waals surface area contributed by atoms with E-state index in [9.17, 15) is 13.6 Å².